The molecule has 1 aromatic rings. The fourth-order valence-electron chi connectivity index (χ4n) is 3.87. The van der Waals surface area contributed by atoms with Crippen LogP contribution < -0.4 is 10.9 Å². The number of aromatic nitrogens is 1. The van der Waals surface area contributed by atoms with Gasteiger partial charge in [0.2, 0.25) is 11.8 Å². The first-order valence-corrected chi connectivity index (χ1v) is 8.71. The lowest BCUT2D eigenvalue weighted by molar-refractivity contribution is -0.136. The third kappa shape index (κ3) is 3.52. The lowest BCUT2D eigenvalue weighted by Gasteiger charge is -2.42. The number of amides is 2. The Morgan fingerprint density at radius 2 is 2.00 bits per heavy atom. The summed E-state index contributed by atoms with van der Waals surface area (Å²) in [6.45, 7) is 5.82. The van der Waals surface area contributed by atoms with E-state index < -0.39 is 0 Å². The third-order valence-corrected chi connectivity index (χ3v) is 4.85. The summed E-state index contributed by atoms with van der Waals surface area (Å²) in [4.78, 5) is 38.1. The molecule has 3 heterocycles. The van der Waals surface area contributed by atoms with Gasteiger partial charge >= 0.3 is 0 Å². The van der Waals surface area contributed by atoms with Crippen molar-refractivity contribution in [2.75, 3.05) is 13.1 Å². The third-order valence-electron chi connectivity index (χ3n) is 4.85. The van der Waals surface area contributed by atoms with E-state index in [1.165, 1.54) is 0 Å². The van der Waals surface area contributed by atoms with Crippen molar-refractivity contribution >= 4 is 11.8 Å². The van der Waals surface area contributed by atoms with Crippen molar-refractivity contribution in [2.45, 2.75) is 51.6 Å². The summed E-state index contributed by atoms with van der Waals surface area (Å²) in [7, 11) is 0. The fourth-order valence-corrected chi connectivity index (χ4v) is 3.87. The lowest BCUT2D eigenvalue weighted by atomic mass is 9.83. The van der Waals surface area contributed by atoms with Gasteiger partial charge < -0.3 is 14.8 Å². The largest absolute Gasteiger partial charge is 0.354 e. The molecule has 1 saturated heterocycles. The number of piperidine rings is 1. The minimum atomic E-state index is -0.0764. The van der Waals surface area contributed by atoms with Crippen molar-refractivity contribution in [2.24, 2.45) is 5.92 Å². The van der Waals surface area contributed by atoms with E-state index in [2.05, 4.69) is 5.32 Å². The Balaban J connectivity index is 1.63. The van der Waals surface area contributed by atoms with E-state index in [9.17, 15) is 14.4 Å². The standard InChI is InChI=1S/C18H25N3O3/c1-12(2)19-16(22)6-7-17(23)20-9-13-8-14(11-20)15-4-3-5-18(24)21(15)10-13/h3-5,12-14H,6-11H2,1-2H3,(H,19,22)/t13-,14+/m0/s1. The molecule has 0 unspecified atom stereocenters. The maximum Gasteiger partial charge on any atom is 0.250 e. The number of nitrogens with zero attached hydrogens (tertiary/aromatic N) is 2. The summed E-state index contributed by atoms with van der Waals surface area (Å²) in [6.07, 6.45) is 1.51. The molecule has 3 rings (SSSR count). The second-order valence-electron chi connectivity index (χ2n) is 7.22. The predicted molar refractivity (Wildman–Crippen MR) is 90.6 cm³/mol. The number of hydrogen-bond acceptors (Lipinski definition) is 3. The summed E-state index contributed by atoms with van der Waals surface area (Å²) in [6, 6.07) is 5.48. The molecule has 2 aliphatic heterocycles. The van der Waals surface area contributed by atoms with Crippen LogP contribution >= 0.6 is 0 Å². The molecule has 0 aliphatic carbocycles. The van der Waals surface area contributed by atoms with E-state index >= 15 is 0 Å². The topological polar surface area (TPSA) is 71.4 Å². The van der Waals surface area contributed by atoms with Gasteiger partial charge in [0.25, 0.3) is 5.56 Å². The Labute approximate surface area is 141 Å². The highest BCUT2D eigenvalue weighted by atomic mass is 16.2. The Hall–Kier alpha value is -2.11. The zero-order valence-corrected chi connectivity index (χ0v) is 14.3. The highest BCUT2D eigenvalue weighted by molar-refractivity contribution is 5.84. The van der Waals surface area contributed by atoms with Gasteiger partial charge in [0.1, 0.15) is 0 Å². The second-order valence-corrected chi connectivity index (χ2v) is 7.22. The minimum absolute atomic E-state index is 0.0373. The monoisotopic (exact) mass is 331 g/mol. The molecule has 130 valence electrons. The second kappa shape index (κ2) is 6.79. The van der Waals surface area contributed by atoms with Crippen LogP contribution in [0.5, 0.6) is 0 Å². The highest BCUT2D eigenvalue weighted by Gasteiger charge is 2.36. The molecule has 0 saturated carbocycles. The summed E-state index contributed by atoms with van der Waals surface area (Å²) < 4.78 is 1.86. The van der Waals surface area contributed by atoms with Gasteiger partial charge in [0, 0.05) is 56.2 Å². The quantitative estimate of drug-likeness (QED) is 0.898. The highest BCUT2D eigenvalue weighted by Crippen LogP contribution is 2.35. The van der Waals surface area contributed by atoms with Crippen LogP contribution in [-0.4, -0.2) is 40.4 Å². The van der Waals surface area contributed by atoms with Crippen LogP contribution in [0.25, 0.3) is 0 Å². The van der Waals surface area contributed by atoms with Gasteiger partial charge in [0.15, 0.2) is 0 Å². The van der Waals surface area contributed by atoms with E-state index in [4.69, 9.17) is 0 Å². The van der Waals surface area contributed by atoms with Crippen molar-refractivity contribution in [3.63, 3.8) is 0 Å². The van der Waals surface area contributed by atoms with Crippen LogP contribution in [-0.2, 0) is 16.1 Å². The number of rotatable bonds is 4. The SMILES string of the molecule is CC(C)NC(=O)CCC(=O)N1C[C@@H]2C[C@H](C1)c1cccc(=O)n1C2. The first-order valence-electron chi connectivity index (χ1n) is 8.71. The van der Waals surface area contributed by atoms with Gasteiger partial charge in [-0.15, -0.1) is 0 Å². The van der Waals surface area contributed by atoms with Crippen LogP contribution in [0, 0.1) is 5.92 Å². The van der Waals surface area contributed by atoms with Gasteiger partial charge in [-0.05, 0) is 32.3 Å². The smallest absolute Gasteiger partial charge is 0.250 e. The number of carbonyl (C=O) groups excluding carboxylic acids is 2. The first kappa shape index (κ1) is 16.7. The number of nitrogens with one attached hydrogen (secondary N) is 1. The average molecular weight is 331 g/mol. The fraction of sp³-hybridized carbons (Fsp3) is 0.611. The summed E-state index contributed by atoms with van der Waals surface area (Å²) in [5, 5.41) is 2.81. The molecule has 0 spiro atoms. The van der Waals surface area contributed by atoms with Crippen LogP contribution in [0.2, 0.25) is 0 Å². The maximum absolute atomic E-state index is 12.5. The molecule has 2 bridgehead atoms. The molecule has 24 heavy (non-hydrogen) atoms. The number of likely N-dealkylation sites (tertiary alicyclic amines) is 1. The van der Waals surface area contributed by atoms with Crippen LogP contribution in [0.3, 0.4) is 0 Å². The van der Waals surface area contributed by atoms with Crippen molar-refractivity contribution in [3.05, 3.63) is 34.2 Å². The number of carbonyl (C=O) groups is 2. The number of fused-ring (bicyclic) bond motifs is 4. The Morgan fingerprint density at radius 1 is 1.21 bits per heavy atom. The Kier molecular flexibility index (Phi) is 4.73. The summed E-state index contributed by atoms with van der Waals surface area (Å²) in [5.74, 6) is 0.507. The Morgan fingerprint density at radius 3 is 2.75 bits per heavy atom. The molecule has 0 radical (unpaired) electrons. The van der Waals surface area contributed by atoms with Gasteiger partial charge in [-0.2, -0.15) is 0 Å². The normalized spacial score (nSPS) is 22.2. The molecule has 2 amide bonds. The van der Waals surface area contributed by atoms with E-state index in [-0.39, 0.29) is 42.2 Å². The molecule has 6 heteroatoms. The summed E-state index contributed by atoms with van der Waals surface area (Å²) >= 11 is 0. The van der Waals surface area contributed by atoms with Crippen LogP contribution in [0.1, 0.15) is 44.7 Å². The summed E-state index contributed by atoms with van der Waals surface area (Å²) in [5.41, 5.74) is 1.08. The van der Waals surface area contributed by atoms with E-state index in [1.807, 2.05) is 29.4 Å². The molecule has 1 aromatic heterocycles. The first-order chi connectivity index (χ1) is 11.4. The molecule has 2 aliphatic rings. The van der Waals surface area contributed by atoms with Gasteiger partial charge in [-0.1, -0.05) is 6.07 Å². The zero-order valence-electron chi connectivity index (χ0n) is 14.3. The van der Waals surface area contributed by atoms with Crippen LogP contribution in [0.15, 0.2) is 23.0 Å². The van der Waals surface area contributed by atoms with Crippen molar-refractivity contribution < 1.29 is 9.59 Å². The Bertz CT molecular complexity index is 695. The minimum Gasteiger partial charge on any atom is -0.354 e. The molecule has 1 N–H and O–H groups in total. The van der Waals surface area contributed by atoms with Gasteiger partial charge in [0.05, 0.1) is 0 Å². The van der Waals surface area contributed by atoms with Crippen molar-refractivity contribution in [3.8, 4) is 0 Å². The molecular weight excluding hydrogens is 306 g/mol. The van der Waals surface area contributed by atoms with Gasteiger partial charge in [-0.3, -0.25) is 14.4 Å². The number of pyridine rings is 1. The van der Waals surface area contributed by atoms with Crippen molar-refractivity contribution in [1.29, 1.82) is 0 Å². The predicted octanol–water partition coefficient (Wildman–Crippen LogP) is 1.10. The lowest BCUT2D eigenvalue weighted by Crippen LogP contribution is -2.49. The van der Waals surface area contributed by atoms with Crippen molar-refractivity contribution in [1.82, 2.24) is 14.8 Å². The van der Waals surface area contributed by atoms with Crippen LogP contribution in [0.4, 0.5) is 0 Å². The average Bonchev–Trinajstić information content (AvgIpc) is 2.53. The molecule has 1 fully saturated rings. The zero-order chi connectivity index (χ0) is 17.3. The maximum atomic E-state index is 12.5. The van der Waals surface area contributed by atoms with Gasteiger partial charge in [-0.25, -0.2) is 0 Å². The molecular formula is C18H25N3O3. The van der Waals surface area contributed by atoms with E-state index in [0.717, 1.165) is 12.1 Å². The molecule has 2 atom stereocenters. The number of hydrogen-bond donors (Lipinski definition) is 1. The molecule has 0 aromatic carbocycles. The van der Waals surface area contributed by atoms with E-state index in [1.54, 1.807) is 12.1 Å². The molecule has 6 nitrogen and oxygen atoms in total. The van der Waals surface area contributed by atoms with E-state index in [0.29, 0.717) is 25.6 Å².